The van der Waals surface area contributed by atoms with Crippen LogP contribution in [-0.2, 0) is 14.3 Å². The maximum atomic E-state index is 11.9. The molecule has 0 atom stereocenters. The van der Waals surface area contributed by atoms with Crippen molar-refractivity contribution in [3.8, 4) is 5.75 Å². The van der Waals surface area contributed by atoms with E-state index in [0.29, 0.717) is 11.4 Å². The summed E-state index contributed by atoms with van der Waals surface area (Å²) in [6, 6.07) is 15.0. The van der Waals surface area contributed by atoms with E-state index in [9.17, 15) is 9.59 Å². The van der Waals surface area contributed by atoms with Crippen molar-refractivity contribution in [1.29, 1.82) is 0 Å². The number of methoxy groups -OCH3 is 1. The molecule has 0 bridgehead atoms. The summed E-state index contributed by atoms with van der Waals surface area (Å²) in [5.41, 5.74) is 1.52. The largest absolute Gasteiger partial charge is 0.495 e. The van der Waals surface area contributed by atoms with Crippen LogP contribution in [-0.4, -0.2) is 25.6 Å². The van der Waals surface area contributed by atoms with Crippen LogP contribution in [0.25, 0.3) is 0 Å². The average Bonchev–Trinajstić information content (AvgIpc) is 2.61. The number of carbonyl (C=O) groups is 2. The van der Waals surface area contributed by atoms with E-state index in [2.05, 4.69) is 5.32 Å². The molecule has 2 aromatic rings. The second kappa shape index (κ2) is 9.54. The van der Waals surface area contributed by atoms with E-state index in [1.54, 1.807) is 17.5 Å². The lowest BCUT2D eigenvalue weighted by Crippen LogP contribution is -2.20. The molecule has 2 rings (SSSR count). The molecule has 1 N–H and O–H groups in total. The first-order valence-electron chi connectivity index (χ1n) is 7.58. The highest BCUT2D eigenvalue weighted by atomic mass is 32.2. The van der Waals surface area contributed by atoms with E-state index in [1.165, 1.54) is 24.9 Å². The average molecular weight is 357 g/mol. The number of carbonyl (C=O) groups excluding carboxylic acids is 2. The minimum Gasteiger partial charge on any atom is -0.495 e. The van der Waals surface area contributed by atoms with Gasteiger partial charge in [0.25, 0.3) is 5.91 Å². The summed E-state index contributed by atoms with van der Waals surface area (Å²) < 4.78 is 10.1. The Hall–Kier alpha value is -2.73. The van der Waals surface area contributed by atoms with Crippen molar-refractivity contribution in [1.82, 2.24) is 0 Å². The number of rotatable bonds is 7. The van der Waals surface area contributed by atoms with Gasteiger partial charge in [-0.1, -0.05) is 36.0 Å². The first-order valence-corrected chi connectivity index (χ1v) is 8.46. The van der Waals surface area contributed by atoms with Crippen molar-refractivity contribution in [2.75, 3.05) is 19.0 Å². The van der Waals surface area contributed by atoms with Crippen LogP contribution in [0, 0.1) is 6.92 Å². The van der Waals surface area contributed by atoms with E-state index < -0.39 is 11.9 Å². The van der Waals surface area contributed by atoms with Crippen LogP contribution in [0.4, 0.5) is 5.69 Å². The molecular formula is C19H19NO4S. The van der Waals surface area contributed by atoms with E-state index in [0.717, 1.165) is 10.5 Å². The Bertz CT molecular complexity index is 759. The van der Waals surface area contributed by atoms with Gasteiger partial charge in [0.2, 0.25) is 0 Å². The third-order valence-corrected chi connectivity index (χ3v) is 3.94. The van der Waals surface area contributed by atoms with Crippen LogP contribution in [0.5, 0.6) is 5.75 Å². The Morgan fingerprint density at radius 2 is 1.92 bits per heavy atom. The number of hydrogen-bond acceptors (Lipinski definition) is 5. The normalized spacial score (nSPS) is 10.5. The number of amides is 1. The first kappa shape index (κ1) is 18.6. The summed E-state index contributed by atoms with van der Waals surface area (Å²) in [7, 11) is 1.52. The molecule has 0 saturated heterocycles. The van der Waals surface area contributed by atoms with Crippen molar-refractivity contribution in [2.24, 2.45) is 0 Å². The molecule has 0 aliphatic rings. The lowest BCUT2D eigenvalue weighted by Gasteiger charge is -2.10. The zero-order chi connectivity index (χ0) is 18.1. The topological polar surface area (TPSA) is 64.6 Å². The van der Waals surface area contributed by atoms with E-state index in [4.69, 9.17) is 9.47 Å². The molecule has 0 aliphatic heterocycles. The number of anilines is 1. The van der Waals surface area contributed by atoms with E-state index >= 15 is 0 Å². The molecule has 0 aliphatic carbocycles. The molecule has 1 amide bonds. The highest BCUT2D eigenvalue weighted by Crippen LogP contribution is 2.25. The molecule has 0 heterocycles. The molecule has 0 radical (unpaired) electrons. The van der Waals surface area contributed by atoms with Crippen LogP contribution in [0.1, 0.15) is 5.56 Å². The van der Waals surface area contributed by atoms with Gasteiger partial charge in [-0.25, -0.2) is 4.79 Å². The highest BCUT2D eigenvalue weighted by molar-refractivity contribution is 8.02. The second-order valence-corrected chi connectivity index (χ2v) is 6.07. The lowest BCUT2D eigenvalue weighted by molar-refractivity contribution is -0.142. The molecule has 130 valence electrons. The number of nitrogens with one attached hydrogen (secondary N) is 1. The van der Waals surface area contributed by atoms with E-state index in [-0.39, 0.29) is 6.61 Å². The van der Waals surface area contributed by atoms with Gasteiger partial charge in [-0.2, -0.15) is 0 Å². The Balaban J connectivity index is 1.79. The predicted molar refractivity (Wildman–Crippen MR) is 98.8 cm³/mol. The Morgan fingerprint density at radius 3 is 2.64 bits per heavy atom. The molecular weight excluding hydrogens is 338 g/mol. The number of ether oxygens (including phenoxy) is 2. The van der Waals surface area contributed by atoms with Crippen LogP contribution in [0.15, 0.2) is 64.9 Å². The van der Waals surface area contributed by atoms with Crippen LogP contribution < -0.4 is 10.1 Å². The van der Waals surface area contributed by atoms with Crippen molar-refractivity contribution < 1.29 is 19.1 Å². The predicted octanol–water partition coefficient (Wildman–Crippen LogP) is 3.79. The summed E-state index contributed by atoms with van der Waals surface area (Å²) in [5.74, 6) is -0.458. The Labute approximate surface area is 151 Å². The zero-order valence-electron chi connectivity index (χ0n) is 14.0. The molecule has 0 fully saturated rings. The van der Waals surface area contributed by atoms with Crippen LogP contribution >= 0.6 is 11.8 Å². The molecule has 2 aromatic carbocycles. The van der Waals surface area contributed by atoms with Crippen molar-refractivity contribution in [3.05, 3.63) is 65.6 Å². The first-order chi connectivity index (χ1) is 12.1. The summed E-state index contributed by atoms with van der Waals surface area (Å²) in [6.07, 6.45) is 1.29. The lowest BCUT2D eigenvalue weighted by atomic mass is 10.2. The van der Waals surface area contributed by atoms with Gasteiger partial charge in [-0.05, 0) is 42.2 Å². The number of esters is 1. The molecule has 0 unspecified atom stereocenters. The minimum absolute atomic E-state index is 0.365. The minimum atomic E-state index is -0.574. The van der Waals surface area contributed by atoms with Gasteiger partial charge in [-0.15, -0.1) is 0 Å². The molecule has 0 aromatic heterocycles. The van der Waals surface area contributed by atoms with Gasteiger partial charge >= 0.3 is 5.97 Å². The monoisotopic (exact) mass is 357 g/mol. The number of aryl methyl sites for hydroxylation is 1. The van der Waals surface area contributed by atoms with Crippen LogP contribution in [0.3, 0.4) is 0 Å². The second-order valence-electron chi connectivity index (χ2n) is 5.09. The van der Waals surface area contributed by atoms with Gasteiger partial charge in [0.15, 0.2) is 6.61 Å². The quantitative estimate of drug-likeness (QED) is 0.464. The molecule has 5 nitrogen and oxygen atoms in total. The van der Waals surface area contributed by atoms with Gasteiger partial charge in [0.05, 0.1) is 12.8 Å². The molecule has 6 heteroatoms. The zero-order valence-corrected chi connectivity index (χ0v) is 14.8. The standard InChI is InChI=1S/C19H19NO4S/c1-14-8-9-17(23-2)16(12-14)20-18(21)13-24-19(22)10-11-25-15-6-4-3-5-7-15/h3-12H,13H2,1-2H3,(H,20,21)/b11-10+. The van der Waals surface area contributed by atoms with Crippen molar-refractivity contribution in [3.63, 3.8) is 0 Å². The SMILES string of the molecule is COc1ccc(C)cc1NC(=O)COC(=O)/C=C/Sc1ccccc1. The van der Waals surface area contributed by atoms with E-state index in [1.807, 2.05) is 43.3 Å². The Kier molecular flexibility index (Phi) is 7.10. The summed E-state index contributed by atoms with van der Waals surface area (Å²) in [4.78, 5) is 24.6. The van der Waals surface area contributed by atoms with Gasteiger partial charge in [-0.3, -0.25) is 4.79 Å². The molecule has 0 saturated carbocycles. The number of hydrogen-bond donors (Lipinski definition) is 1. The van der Waals surface area contributed by atoms with Crippen LogP contribution in [0.2, 0.25) is 0 Å². The number of thioether (sulfide) groups is 1. The third kappa shape index (κ3) is 6.35. The summed E-state index contributed by atoms with van der Waals surface area (Å²) >= 11 is 1.39. The fourth-order valence-corrected chi connectivity index (χ4v) is 2.61. The van der Waals surface area contributed by atoms with Gasteiger partial charge < -0.3 is 14.8 Å². The smallest absolute Gasteiger partial charge is 0.331 e. The fourth-order valence-electron chi connectivity index (χ4n) is 1.96. The highest BCUT2D eigenvalue weighted by Gasteiger charge is 2.09. The summed E-state index contributed by atoms with van der Waals surface area (Å²) in [5, 5.41) is 4.29. The maximum absolute atomic E-state index is 11.9. The van der Waals surface area contributed by atoms with Crippen molar-refractivity contribution >= 4 is 29.3 Å². The maximum Gasteiger partial charge on any atom is 0.331 e. The Morgan fingerprint density at radius 1 is 1.16 bits per heavy atom. The van der Waals surface area contributed by atoms with Gasteiger partial charge in [0, 0.05) is 11.0 Å². The summed E-state index contributed by atoms with van der Waals surface area (Å²) in [6.45, 7) is 1.54. The molecule has 25 heavy (non-hydrogen) atoms. The van der Waals surface area contributed by atoms with Crippen molar-refractivity contribution in [2.45, 2.75) is 11.8 Å². The van der Waals surface area contributed by atoms with Gasteiger partial charge in [0.1, 0.15) is 5.75 Å². The third-order valence-electron chi connectivity index (χ3n) is 3.13. The fraction of sp³-hybridized carbons (Fsp3) is 0.158. The molecule has 0 spiro atoms. The number of benzene rings is 2.